The smallest absolute Gasteiger partial charge is 0.313 e. The van der Waals surface area contributed by atoms with Gasteiger partial charge in [0.25, 0.3) is 0 Å². The lowest BCUT2D eigenvalue weighted by molar-refractivity contribution is -0.144. The molecule has 0 bridgehead atoms. The normalized spacial score (nSPS) is 14.4. The predicted molar refractivity (Wildman–Crippen MR) is 128 cm³/mol. The average molecular weight is 448 g/mol. The van der Waals surface area contributed by atoms with Crippen LogP contribution in [0.25, 0.3) is 0 Å². The number of rotatable bonds is 4. The lowest BCUT2D eigenvalue weighted by Gasteiger charge is -2.39. The number of carbonyl (C=O) groups is 2. The van der Waals surface area contributed by atoms with Crippen molar-refractivity contribution in [1.82, 2.24) is 9.80 Å². The Bertz CT molecular complexity index is 1040. The maximum absolute atomic E-state index is 12.8. The SMILES string of the molecule is Cc1ccc(Cl)cc1NC(=O)C(=O)N1CCN(C(c2ccccc2)c2ccccc2)CC1. The summed E-state index contributed by atoms with van der Waals surface area (Å²) in [6.45, 7) is 4.23. The Balaban J connectivity index is 1.43. The molecule has 1 heterocycles. The van der Waals surface area contributed by atoms with Crippen LogP contribution in [0.1, 0.15) is 22.7 Å². The fourth-order valence-corrected chi connectivity index (χ4v) is 4.29. The molecule has 0 aliphatic carbocycles. The van der Waals surface area contributed by atoms with Crippen molar-refractivity contribution in [2.24, 2.45) is 0 Å². The first-order valence-corrected chi connectivity index (χ1v) is 11.1. The van der Waals surface area contributed by atoms with E-state index in [1.54, 1.807) is 17.0 Å². The van der Waals surface area contributed by atoms with Gasteiger partial charge in [-0.05, 0) is 35.7 Å². The first-order valence-electron chi connectivity index (χ1n) is 10.7. The van der Waals surface area contributed by atoms with Crippen LogP contribution in [0, 0.1) is 6.92 Å². The van der Waals surface area contributed by atoms with Crippen LogP contribution in [0.2, 0.25) is 5.02 Å². The van der Waals surface area contributed by atoms with Gasteiger partial charge in [0.15, 0.2) is 0 Å². The molecule has 1 saturated heterocycles. The Morgan fingerprint density at radius 2 is 1.41 bits per heavy atom. The van der Waals surface area contributed by atoms with Gasteiger partial charge < -0.3 is 10.2 Å². The highest BCUT2D eigenvalue weighted by Gasteiger charge is 2.30. The number of benzene rings is 3. The van der Waals surface area contributed by atoms with Gasteiger partial charge in [-0.2, -0.15) is 0 Å². The summed E-state index contributed by atoms with van der Waals surface area (Å²) in [4.78, 5) is 29.3. The van der Waals surface area contributed by atoms with Gasteiger partial charge in [-0.1, -0.05) is 78.3 Å². The number of nitrogens with zero attached hydrogens (tertiary/aromatic N) is 2. The minimum Gasteiger partial charge on any atom is -0.332 e. The molecule has 1 aliphatic heterocycles. The van der Waals surface area contributed by atoms with Crippen molar-refractivity contribution >= 4 is 29.1 Å². The summed E-state index contributed by atoms with van der Waals surface area (Å²) in [6, 6.07) is 26.1. The Morgan fingerprint density at radius 1 is 0.844 bits per heavy atom. The van der Waals surface area contributed by atoms with Crippen LogP contribution in [-0.2, 0) is 9.59 Å². The molecular formula is C26H26ClN3O2. The van der Waals surface area contributed by atoms with Crippen LogP contribution in [0.3, 0.4) is 0 Å². The highest BCUT2D eigenvalue weighted by Crippen LogP contribution is 2.29. The van der Waals surface area contributed by atoms with Gasteiger partial charge >= 0.3 is 11.8 Å². The molecular weight excluding hydrogens is 422 g/mol. The summed E-state index contributed by atoms with van der Waals surface area (Å²) in [5, 5.41) is 3.22. The molecule has 0 unspecified atom stereocenters. The van der Waals surface area contributed by atoms with Crippen molar-refractivity contribution in [3.05, 3.63) is 101 Å². The van der Waals surface area contributed by atoms with Gasteiger partial charge in [0, 0.05) is 36.9 Å². The van der Waals surface area contributed by atoms with Gasteiger partial charge in [0.2, 0.25) is 0 Å². The summed E-state index contributed by atoms with van der Waals surface area (Å²) in [5.41, 5.74) is 3.84. The van der Waals surface area contributed by atoms with E-state index in [-0.39, 0.29) is 6.04 Å². The monoisotopic (exact) mass is 447 g/mol. The number of aryl methyl sites for hydroxylation is 1. The summed E-state index contributed by atoms with van der Waals surface area (Å²) in [6.07, 6.45) is 0. The number of carbonyl (C=O) groups excluding carboxylic acids is 2. The van der Waals surface area contributed by atoms with Crippen molar-refractivity contribution in [3.8, 4) is 0 Å². The summed E-state index contributed by atoms with van der Waals surface area (Å²) in [5.74, 6) is -1.15. The highest BCUT2D eigenvalue weighted by atomic mass is 35.5. The highest BCUT2D eigenvalue weighted by molar-refractivity contribution is 6.39. The second-order valence-corrected chi connectivity index (χ2v) is 8.40. The van der Waals surface area contributed by atoms with Crippen molar-refractivity contribution < 1.29 is 9.59 Å². The molecule has 2 amide bonds. The van der Waals surface area contributed by atoms with Crippen LogP contribution in [0.5, 0.6) is 0 Å². The van der Waals surface area contributed by atoms with Gasteiger partial charge in [-0.25, -0.2) is 0 Å². The molecule has 6 heteroatoms. The zero-order chi connectivity index (χ0) is 22.5. The van der Waals surface area contributed by atoms with Crippen molar-refractivity contribution in [2.45, 2.75) is 13.0 Å². The molecule has 1 fully saturated rings. The zero-order valence-electron chi connectivity index (χ0n) is 18.0. The Labute approximate surface area is 193 Å². The number of amides is 2. The molecule has 0 spiro atoms. The third-order valence-corrected chi connectivity index (χ3v) is 6.07. The largest absolute Gasteiger partial charge is 0.332 e. The van der Waals surface area contributed by atoms with E-state index in [9.17, 15) is 9.59 Å². The molecule has 0 radical (unpaired) electrons. The minimum absolute atomic E-state index is 0.109. The second-order valence-electron chi connectivity index (χ2n) is 7.97. The van der Waals surface area contributed by atoms with Gasteiger partial charge in [-0.3, -0.25) is 14.5 Å². The van der Waals surface area contributed by atoms with Crippen molar-refractivity contribution in [3.63, 3.8) is 0 Å². The third-order valence-electron chi connectivity index (χ3n) is 5.84. The number of hydrogen-bond acceptors (Lipinski definition) is 3. The van der Waals surface area contributed by atoms with Crippen LogP contribution >= 0.6 is 11.6 Å². The summed E-state index contributed by atoms with van der Waals surface area (Å²) >= 11 is 6.02. The molecule has 32 heavy (non-hydrogen) atoms. The number of hydrogen-bond donors (Lipinski definition) is 1. The quantitative estimate of drug-likeness (QED) is 0.598. The topological polar surface area (TPSA) is 52.7 Å². The standard InChI is InChI=1S/C26H26ClN3O2/c1-19-12-13-22(27)18-23(19)28-25(31)26(32)30-16-14-29(15-17-30)24(20-8-4-2-5-9-20)21-10-6-3-7-11-21/h2-13,18,24H,14-17H2,1H3,(H,28,31). The molecule has 3 aromatic rings. The van der Waals surface area contributed by atoms with E-state index in [1.807, 2.05) is 49.4 Å². The number of anilines is 1. The first kappa shape index (κ1) is 22.1. The fraction of sp³-hybridized carbons (Fsp3) is 0.231. The van der Waals surface area contributed by atoms with Gasteiger partial charge in [-0.15, -0.1) is 0 Å². The lowest BCUT2D eigenvalue weighted by Crippen LogP contribution is -2.52. The van der Waals surface area contributed by atoms with E-state index in [2.05, 4.69) is 34.5 Å². The molecule has 4 rings (SSSR count). The van der Waals surface area contributed by atoms with Crippen LogP contribution in [0.15, 0.2) is 78.9 Å². The first-order chi connectivity index (χ1) is 15.5. The molecule has 164 valence electrons. The minimum atomic E-state index is -0.633. The fourth-order valence-electron chi connectivity index (χ4n) is 4.12. The molecule has 3 aromatic carbocycles. The Morgan fingerprint density at radius 3 is 1.97 bits per heavy atom. The average Bonchev–Trinajstić information content (AvgIpc) is 2.83. The van der Waals surface area contributed by atoms with Crippen LogP contribution in [0.4, 0.5) is 5.69 Å². The van der Waals surface area contributed by atoms with E-state index < -0.39 is 11.8 Å². The Kier molecular flexibility index (Phi) is 6.88. The maximum atomic E-state index is 12.8. The summed E-state index contributed by atoms with van der Waals surface area (Å²) in [7, 11) is 0. The summed E-state index contributed by atoms with van der Waals surface area (Å²) < 4.78 is 0. The van der Waals surface area contributed by atoms with Crippen LogP contribution in [-0.4, -0.2) is 47.8 Å². The molecule has 1 aliphatic rings. The number of halogens is 1. The molecule has 0 atom stereocenters. The molecule has 5 nitrogen and oxygen atoms in total. The predicted octanol–water partition coefficient (Wildman–Crippen LogP) is 4.52. The van der Waals surface area contributed by atoms with Crippen LogP contribution < -0.4 is 5.32 Å². The number of piperazine rings is 1. The zero-order valence-corrected chi connectivity index (χ0v) is 18.8. The van der Waals surface area contributed by atoms with E-state index in [0.717, 1.165) is 5.56 Å². The molecule has 0 aromatic heterocycles. The number of nitrogens with one attached hydrogen (secondary N) is 1. The second kappa shape index (κ2) is 9.98. The maximum Gasteiger partial charge on any atom is 0.313 e. The van der Waals surface area contributed by atoms with E-state index in [0.29, 0.717) is 36.9 Å². The van der Waals surface area contributed by atoms with Crippen molar-refractivity contribution in [1.29, 1.82) is 0 Å². The van der Waals surface area contributed by atoms with E-state index in [1.165, 1.54) is 11.1 Å². The Hall–Kier alpha value is -3.15. The third kappa shape index (κ3) is 5.01. The van der Waals surface area contributed by atoms with Gasteiger partial charge in [0.05, 0.1) is 6.04 Å². The molecule has 0 saturated carbocycles. The van der Waals surface area contributed by atoms with Gasteiger partial charge in [0.1, 0.15) is 0 Å². The van der Waals surface area contributed by atoms with E-state index >= 15 is 0 Å². The lowest BCUT2D eigenvalue weighted by atomic mass is 9.96. The van der Waals surface area contributed by atoms with E-state index in [4.69, 9.17) is 11.6 Å². The molecule has 1 N–H and O–H groups in total. The van der Waals surface area contributed by atoms with Crippen molar-refractivity contribution in [2.75, 3.05) is 31.5 Å².